The second kappa shape index (κ2) is 9.57. The predicted molar refractivity (Wildman–Crippen MR) is 109 cm³/mol. The minimum absolute atomic E-state index is 0.150. The molecule has 0 atom stereocenters. The van der Waals surface area contributed by atoms with Gasteiger partial charge in [0.2, 0.25) is 11.8 Å². The van der Waals surface area contributed by atoms with E-state index in [1.165, 1.54) is 6.42 Å². The summed E-state index contributed by atoms with van der Waals surface area (Å²) < 4.78 is 0. The van der Waals surface area contributed by atoms with Gasteiger partial charge in [-0.2, -0.15) is 0 Å². The molecule has 28 heavy (non-hydrogen) atoms. The highest BCUT2D eigenvalue weighted by molar-refractivity contribution is 5.97. The molecule has 152 valence electrons. The van der Waals surface area contributed by atoms with Crippen LogP contribution in [0.3, 0.4) is 0 Å². The van der Waals surface area contributed by atoms with Crippen molar-refractivity contribution in [1.82, 2.24) is 10.6 Å². The number of amides is 4. The zero-order chi connectivity index (χ0) is 19.9. The van der Waals surface area contributed by atoms with E-state index in [-0.39, 0.29) is 30.3 Å². The van der Waals surface area contributed by atoms with Gasteiger partial charge in [-0.15, -0.1) is 0 Å². The second-order valence-corrected chi connectivity index (χ2v) is 7.68. The van der Waals surface area contributed by atoms with Crippen molar-refractivity contribution in [3.8, 4) is 0 Å². The summed E-state index contributed by atoms with van der Waals surface area (Å²) in [7, 11) is 0. The number of rotatable bonds is 6. The maximum Gasteiger partial charge on any atom is 0.315 e. The minimum atomic E-state index is -0.199. The summed E-state index contributed by atoms with van der Waals surface area (Å²) in [5, 5.41) is 8.58. The van der Waals surface area contributed by atoms with Crippen molar-refractivity contribution >= 4 is 29.2 Å². The lowest BCUT2D eigenvalue weighted by atomic mass is 9.96. The summed E-state index contributed by atoms with van der Waals surface area (Å²) in [6, 6.07) is 5.63. The molecule has 0 radical (unpaired) electrons. The van der Waals surface area contributed by atoms with Gasteiger partial charge >= 0.3 is 6.03 Å². The van der Waals surface area contributed by atoms with E-state index in [9.17, 15) is 14.4 Å². The van der Waals surface area contributed by atoms with Crippen LogP contribution >= 0.6 is 0 Å². The molecule has 3 rings (SSSR count). The van der Waals surface area contributed by atoms with Crippen LogP contribution in [0, 0.1) is 6.92 Å². The van der Waals surface area contributed by atoms with E-state index in [1.807, 2.05) is 25.1 Å². The van der Waals surface area contributed by atoms with Gasteiger partial charge in [0.1, 0.15) is 0 Å². The molecule has 0 spiro atoms. The average molecular weight is 386 g/mol. The molecule has 1 aliphatic heterocycles. The molecule has 0 aromatic heterocycles. The molecule has 7 heteroatoms. The Kier molecular flexibility index (Phi) is 6.90. The fourth-order valence-electron chi connectivity index (χ4n) is 3.94. The van der Waals surface area contributed by atoms with Crippen molar-refractivity contribution < 1.29 is 14.4 Å². The fourth-order valence-corrected chi connectivity index (χ4v) is 3.94. The molecule has 1 aliphatic carbocycles. The molecule has 1 saturated carbocycles. The summed E-state index contributed by atoms with van der Waals surface area (Å²) in [4.78, 5) is 37.7. The van der Waals surface area contributed by atoms with E-state index in [4.69, 9.17) is 0 Å². The summed E-state index contributed by atoms with van der Waals surface area (Å²) in [6.45, 7) is 2.98. The highest BCUT2D eigenvalue weighted by Gasteiger charge is 2.23. The Morgan fingerprint density at radius 2 is 1.93 bits per heavy atom. The number of carbonyl (C=O) groups is 3. The standard InChI is InChI=1S/C21H30N4O3/c1-15-14-17(9-10-18(15)25-13-5-8-20(25)27)23-19(26)11-12-22-21(28)24-16-6-3-2-4-7-16/h9-10,14,16H,2-8,11-13H2,1H3,(H,23,26)(H2,22,24,28). The maximum atomic E-state index is 12.1. The number of nitrogens with zero attached hydrogens (tertiary/aromatic N) is 1. The molecule has 1 aromatic rings. The number of hydrogen-bond donors (Lipinski definition) is 3. The van der Waals surface area contributed by atoms with Crippen LogP contribution in [0.25, 0.3) is 0 Å². The summed E-state index contributed by atoms with van der Waals surface area (Å²) in [5.74, 6) is -0.000159. The minimum Gasteiger partial charge on any atom is -0.338 e. The molecule has 2 aliphatic rings. The SMILES string of the molecule is Cc1cc(NC(=O)CCNC(=O)NC2CCCCC2)ccc1N1CCCC1=O. The molecule has 1 heterocycles. The van der Waals surface area contributed by atoms with Crippen molar-refractivity contribution in [3.63, 3.8) is 0 Å². The van der Waals surface area contributed by atoms with Crippen LogP contribution in [0.2, 0.25) is 0 Å². The third-order valence-electron chi connectivity index (χ3n) is 5.42. The quantitative estimate of drug-likeness (QED) is 0.702. The molecule has 0 unspecified atom stereocenters. The average Bonchev–Trinajstić information content (AvgIpc) is 3.08. The van der Waals surface area contributed by atoms with Gasteiger partial charge in [0.05, 0.1) is 0 Å². The van der Waals surface area contributed by atoms with Crippen molar-refractivity contribution in [2.45, 2.75) is 64.3 Å². The Balaban J connectivity index is 1.41. The number of benzene rings is 1. The molecule has 0 bridgehead atoms. The van der Waals surface area contributed by atoms with E-state index < -0.39 is 0 Å². The van der Waals surface area contributed by atoms with Crippen molar-refractivity contribution in [2.24, 2.45) is 0 Å². The number of aryl methyl sites for hydroxylation is 1. The van der Waals surface area contributed by atoms with Crippen molar-refractivity contribution in [2.75, 3.05) is 23.3 Å². The second-order valence-electron chi connectivity index (χ2n) is 7.68. The molecule has 7 nitrogen and oxygen atoms in total. The highest BCUT2D eigenvalue weighted by Crippen LogP contribution is 2.27. The molecule has 2 fully saturated rings. The van der Waals surface area contributed by atoms with Crippen molar-refractivity contribution in [1.29, 1.82) is 0 Å². The smallest absolute Gasteiger partial charge is 0.315 e. The van der Waals surface area contributed by atoms with E-state index >= 15 is 0 Å². The van der Waals surface area contributed by atoms with E-state index in [2.05, 4.69) is 16.0 Å². The van der Waals surface area contributed by atoms with E-state index in [0.29, 0.717) is 18.7 Å². The van der Waals surface area contributed by atoms with Crippen LogP contribution in [-0.2, 0) is 9.59 Å². The number of anilines is 2. The van der Waals surface area contributed by atoms with E-state index in [0.717, 1.165) is 49.9 Å². The van der Waals surface area contributed by atoms with Crippen LogP contribution in [0.4, 0.5) is 16.2 Å². The zero-order valence-corrected chi connectivity index (χ0v) is 16.6. The Hall–Kier alpha value is -2.57. The first kappa shape index (κ1) is 20.2. The van der Waals surface area contributed by atoms with Crippen LogP contribution in [0.1, 0.15) is 56.9 Å². The Labute approximate surface area is 166 Å². The van der Waals surface area contributed by atoms with Crippen LogP contribution in [-0.4, -0.2) is 37.0 Å². The van der Waals surface area contributed by atoms with Gasteiger partial charge in [-0.25, -0.2) is 4.79 Å². The lowest BCUT2D eigenvalue weighted by Gasteiger charge is -2.22. The van der Waals surface area contributed by atoms with Gasteiger partial charge in [-0.05, 0) is 49.9 Å². The van der Waals surface area contributed by atoms with Crippen molar-refractivity contribution in [3.05, 3.63) is 23.8 Å². The molecular weight excluding hydrogens is 356 g/mol. The molecular formula is C21H30N4O3. The maximum absolute atomic E-state index is 12.1. The van der Waals surface area contributed by atoms with Gasteiger partial charge in [0.15, 0.2) is 0 Å². The summed E-state index contributed by atoms with van der Waals surface area (Å²) >= 11 is 0. The zero-order valence-electron chi connectivity index (χ0n) is 16.6. The van der Waals surface area contributed by atoms with Crippen LogP contribution in [0.5, 0.6) is 0 Å². The largest absolute Gasteiger partial charge is 0.338 e. The normalized spacial score (nSPS) is 17.5. The number of hydrogen-bond acceptors (Lipinski definition) is 3. The number of urea groups is 1. The Morgan fingerprint density at radius 3 is 2.61 bits per heavy atom. The van der Waals surface area contributed by atoms with Gasteiger partial charge in [0.25, 0.3) is 0 Å². The first-order valence-corrected chi connectivity index (χ1v) is 10.3. The highest BCUT2D eigenvalue weighted by atomic mass is 16.2. The third kappa shape index (κ3) is 5.47. The molecule has 4 amide bonds. The Morgan fingerprint density at radius 1 is 1.14 bits per heavy atom. The summed E-state index contributed by atoms with van der Waals surface area (Å²) in [6.07, 6.45) is 7.34. The number of nitrogens with one attached hydrogen (secondary N) is 3. The monoisotopic (exact) mass is 386 g/mol. The third-order valence-corrected chi connectivity index (χ3v) is 5.42. The van der Waals surface area contributed by atoms with Crippen LogP contribution in [0.15, 0.2) is 18.2 Å². The van der Waals surface area contributed by atoms with Gasteiger partial charge in [-0.3, -0.25) is 9.59 Å². The molecule has 3 N–H and O–H groups in total. The molecule has 1 saturated heterocycles. The van der Waals surface area contributed by atoms with Gasteiger partial charge in [-0.1, -0.05) is 19.3 Å². The predicted octanol–water partition coefficient (Wildman–Crippen LogP) is 3.08. The first-order chi connectivity index (χ1) is 13.5. The topological polar surface area (TPSA) is 90.5 Å². The lowest BCUT2D eigenvalue weighted by molar-refractivity contribution is -0.117. The van der Waals surface area contributed by atoms with Crippen LogP contribution < -0.4 is 20.9 Å². The number of carbonyl (C=O) groups excluding carboxylic acids is 3. The summed E-state index contributed by atoms with van der Waals surface area (Å²) in [5.41, 5.74) is 2.56. The molecule has 1 aromatic carbocycles. The first-order valence-electron chi connectivity index (χ1n) is 10.3. The Bertz CT molecular complexity index is 728. The lowest BCUT2D eigenvalue weighted by Crippen LogP contribution is -2.43. The fraction of sp³-hybridized carbons (Fsp3) is 0.571. The van der Waals surface area contributed by atoms with Gasteiger partial charge < -0.3 is 20.9 Å². The van der Waals surface area contributed by atoms with E-state index in [1.54, 1.807) is 4.90 Å². The van der Waals surface area contributed by atoms with Gasteiger partial charge in [0, 0.05) is 43.3 Å².